The van der Waals surface area contributed by atoms with Gasteiger partial charge in [0.05, 0.1) is 12.4 Å². The topological polar surface area (TPSA) is 46.5 Å². The minimum atomic E-state index is -1.22. The number of aliphatic hydroxyl groups is 1. The highest BCUT2D eigenvalue weighted by Gasteiger charge is 2.46. The van der Waals surface area contributed by atoms with Gasteiger partial charge in [-0.3, -0.25) is 4.79 Å². The van der Waals surface area contributed by atoms with Gasteiger partial charge in [-0.2, -0.15) is 0 Å². The predicted octanol–water partition coefficient (Wildman–Crippen LogP) is 3.74. The van der Waals surface area contributed by atoms with Gasteiger partial charge in [-0.25, -0.2) is 0 Å². The highest BCUT2D eigenvalue weighted by molar-refractivity contribution is 8.23. The quantitative estimate of drug-likeness (QED) is 0.594. The molecule has 0 aromatic heterocycles. The molecule has 1 aliphatic carbocycles. The van der Waals surface area contributed by atoms with E-state index in [-0.39, 0.29) is 22.9 Å². The fraction of sp³-hybridized carbons (Fsp3) is 0.750. The normalized spacial score (nSPS) is 27.9. The third-order valence-electron chi connectivity index (χ3n) is 4.43. The van der Waals surface area contributed by atoms with Crippen molar-refractivity contribution in [1.29, 1.82) is 0 Å². The first-order chi connectivity index (χ1) is 9.75. The van der Waals surface area contributed by atoms with Gasteiger partial charge in [0.2, 0.25) is 4.38 Å². The summed E-state index contributed by atoms with van der Waals surface area (Å²) < 4.78 is 5.52. The smallest absolute Gasteiger partial charge is 0.220 e. The molecule has 0 amide bonds. The molecule has 0 aromatic carbocycles. The molecule has 0 heterocycles. The van der Waals surface area contributed by atoms with Crippen LogP contribution >= 0.6 is 24.0 Å². The Bertz CT molecular complexity index is 406. The maximum absolute atomic E-state index is 12.4. The number of carbonyl (C=O) groups is 1. The Hall–Kier alpha value is -0.390. The van der Waals surface area contributed by atoms with Crippen molar-refractivity contribution in [3.8, 4) is 0 Å². The van der Waals surface area contributed by atoms with Crippen molar-refractivity contribution >= 4 is 34.1 Å². The molecule has 21 heavy (non-hydrogen) atoms. The van der Waals surface area contributed by atoms with E-state index in [1.54, 1.807) is 0 Å². The Morgan fingerprint density at radius 1 is 1.52 bits per heavy atom. The van der Waals surface area contributed by atoms with E-state index >= 15 is 0 Å². The molecule has 1 fully saturated rings. The third kappa shape index (κ3) is 5.08. The Kier molecular flexibility index (Phi) is 6.88. The Morgan fingerprint density at radius 3 is 2.76 bits per heavy atom. The second kappa shape index (κ2) is 7.75. The summed E-state index contributed by atoms with van der Waals surface area (Å²) in [6, 6.07) is 0. The van der Waals surface area contributed by atoms with Crippen LogP contribution in [0.25, 0.3) is 0 Å². The van der Waals surface area contributed by atoms with Crippen LogP contribution in [0.4, 0.5) is 0 Å². The Labute approximate surface area is 137 Å². The second-order valence-electron chi connectivity index (χ2n) is 6.34. The maximum atomic E-state index is 12.4. The van der Waals surface area contributed by atoms with E-state index in [4.69, 9.17) is 17.0 Å². The van der Waals surface area contributed by atoms with Crippen LogP contribution in [-0.2, 0) is 9.53 Å². The minimum Gasteiger partial charge on any atom is -0.479 e. The van der Waals surface area contributed by atoms with Crippen LogP contribution in [0.1, 0.15) is 46.5 Å². The first-order valence-electron chi connectivity index (χ1n) is 7.41. The summed E-state index contributed by atoms with van der Waals surface area (Å²) in [6.45, 7) is 10.5. The molecule has 3 nitrogen and oxygen atoms in total. The first-order valence-corrected chi connectivity index (χ1v) is 8.80. The van der Waals surface area contributed by atoms with Gasteiger partial charge in [-0.05, 0) is 56.2 Å². The predicted molar refractivity (Wildman–Crippen MR) is 92.6 cm³/mol. The molecule has 1 saturated carbocycles. The van der Waals surface area contributed by atoms with Crippen LogP contribution in [0.3, 0.4) is 0 Å². The average Bonchev–Trinajstić information content (AvgIpc) is 2.41. The molecule has 1 aliphatic rings. The van der Waals surface area contributed by atoms with Gasteiger partial charge in [0.1, 0.15) is 5.60 Å². The van der Waals surface area contributed by atoms with Crippen molar-refractivity contribution in [1.82, 2.24) is 0 Å². The van der Waals surface area contributed by atoms with E-state index in [1.807, 2.05) is 13.0 Å². The summed E-state index contributed by atoms with van der Waals surface area (Å²) in [7, 11) is 0. The minimum absolute atomic E-state index is 0.133. The van der Waals surface area contributed by atoms with Crippen LogP contribution in [0.2, 0.25) is 0 Å². The molecule has 0 unspecified atom stereocenters. The van der Waals surface area contributed by atoms with Gasteiger partial charge in [-0.1, -0.05) is 31.7 Å². The van der Waals surface area contributed by atoms with Crippen molar-refractivity contribution in [2.24, 2.45) is 11.3 Å². The molecule has 1 N–H and O–H groups in total. The number of ether oxygens (including phenoxy) is 1. The fourth-order valence-corrected chi connectivity index (χ4v) is 3.81. The van der Waals surface area contributed by atoms with Crippen LogP contribution in [0.5, 0.6) is 0 Å². The van der Waals surface area contributed by atoms with Gasteiger partial charge < -0.3 is 9.84 Å². The number of thioether (sulfide) groups is 1. The van der Waals surface area contributed by atoms with Gasteiger partial charge >= 0.3 is 0 Å². The fourth-order valence-electron chi connectivity index (χ4n) is 2.79. The lowest BCUT2D eigenvalue weighted by Gasteiger charge is -2.45. The Balaban J connectivity index is 2.65. The number of hydrogen-bond acceptors (Lipinski definition) is 5. The summed E-state index contributed by atoms with van der Waals surface area (Å²) >= 11 is 6.20. The van der Waals surface area contributed by atoms with E-state index < -0.39 is 5.60 Å². The van der Waals surface area contributed by atoms with Gasteiger partial charge in [0, 0.05) is 0 Å². The highest BCUT2D eigenvalue weighted by Crippen LogP contribution is 2.47. The van der Waals surface area contributed by atoms with Gasteiger partial charge in [0.15, 0.2) is 5.78 Å². The van der Waals surface area contributed by atoms with E-state index in [9.17, 15) is 9.90 Å². The molecule has 0 aliphatic heterocycles. The summed E-state index contributed by atoms with van der Waals surface area (Å²) in [5, 5.41) is 10.7. The number of Topliss-reactive ketones (excluding diaryl/α,β-unsaturated/α-hetero) is 1. The SMILES string of the molecule is C=CC[C@H]1C[C@](O)(C(=O)CSC(=S)OCC)CCC1(C)C. The molecular weight excluding hydrogens is 304 g/mol. The summed E-state index contributed by atoms with van der Waals surface area (Å²) in [4.78, 5) is 12.4. The molecule has 0 bridgehead atoms. The van der Waals surface area contributed by atoms with Gasteiger partial charge in [-0.15, -0.1) is 6.58 Å². The lowest BCUT2D eigenvalue weighted by molar-refractivity contribution is -0.143. The van der Waals surface area contributed by atoms with E-state index in [0.29, 0.717) is 23.8 Å². The zero-order chi connectivity index (χ0) is 16.1. The lowest BCUT2D eigenvalue weighted by atomic mass is 9.62. The van der Waals surface area contributed by atoms with Crippen molar-refractivity contribution in [3.05, 3.63) is 12.7 Å². The van der Waals surface area contributed by atoms with Crippen LogP contribution < -0.4 is 0 Å². The lowest BCUT2D eigenvalue weighted by Crippen LogP contribution is -2.49. The third-order valence-corrected chi connectivity index (χ3v) is 5.66. The van der Waals surface area contributed by atoms with Crippen LogP contribution in [0.15, 0.2) is 12.7 Å². The summed E-state index contributed by atoms with van der Waals surface area (Å²) in [5.41, 5.74) is -1.09. The molecule has 0 aromatic rings. The van der Waals surface area contributed by atoms with E-state index in [2.05, 4.69) is 20.4 Å². The average molecular weight is 331 g/mol. The van der Waals surface area contributed by atoms with Crippen LogP contribution in [0, 0.1) is 11.3 Å². The van der Waals surface area contributed by atoms with Gasteiger partial charge in [0.25, 0.3) is 0 Å². The Morgan fingerprint density at radius 2 is 2.19 bits per heavy atom. The number of thiocarbonyl (C=S) groups is 1. The molecule has 120 valence electrons. The largest absolute Gasteiger partial charge is 0.479 e. The van der Waals surface area contributed by atoms with Crippen molar-refractivity contribution < 1.29 is 14.6 Å². The number of rotatable bonds is 6. The number of carbonyl (C=O) groups excluding carboxylic acids is 1. The molecule has 0 spiro atoms. The van der Waals surface area contributed by atoms with Crippen molar-refractivity contribution in [2.45, 2.75) is 52.1 Å². The van der Waals surface area contributed by atoms with Crippen LogP contribution in [-0.4, -0.2) is 33.2 Å². The number of ketones is 1. The molecular formula is C16H26O3S2. The zero-order valence-corrected chi connectivity index (χ0v) is 14.8. The molecule has 1 rings (SSSR count). The molecule has 2 atom stereocenters. The second-order valence-corrected chi connectivity index (χ2v) is 7.92. The maximum Gasteiger partial charge on any atom is 0.220 e. The van der Waals surface area contributed by atoms with Crippen molar-refractivity contribution in [2.75, 3.05) is 12.4 Å². The standard InChI is InChI=1S/C16H26O3S2/c1-5-7-12-10-16(18,9-8-15(12,3)4)13(17)11-21-14(20)19-6-2/h5,12,18H,1,6-11H2,2-4H3/t12-,16-/m0/s1. The first kappa shape index (κ1) is 18.7. The van der Waals surface area contributed by atoms with E-state index in [0.717, 1.165) is 12.8 Å². The molecule has 0 radical (unpaired) electrons. The summed E-state index contributed by atoms with van der Waals surface area (Å²) in [6.07, 6.45) is 4.57. The number of allylic oxidation sites excluding steroid dienone is 1. The number of hydrogen-bond donors (Lipinski definition) is 1. The molecule has 0 saturated heterocycles. The molecule has 5 heteroatoms. The van der Waals surface area contributed by atoms with Crippen molar-refractivity contribution in [3.63, 3.8) is 0 Å². The van der Waals surface area contributed by atoms with E-state index in [1.165, 1.54) is 11.8 Å². The summed E-state index contributed by atoms with van der Waals surface area (Å²) in [5.74, 6) is 0.317. The monoisotopic (exact) mass is 330 g/mol. The highest BCUT2D eigenvalue weighted by atomic mass is 32.2. The zero-order valence-electron chi connectivity index (χ0n) is 13.2.